The Labute approximate surface area is 111 Å². The Balaban J connectivity index is 2.60. The van der Waals surface area contributed by atoms with Crippen LogP contribution in [0.2, 0.25) is 0 Å². The summed E-state index contributed by atoms with van der Waals surface area (Å²) in [5, 5.41) is 0. The third-order valence-electron chi connectivity index (χ3n) is 2.75. The van der Waals surface area contributed by atoms with Gasteiger partial charge in [0.2, 0.25) is 5.91 Å². The van der Waals surface area contributed by atoms with Gasteiger partial charge < -0.3 is 5.73 Å². The first kappa shape index (κ1) is 14.0. The molecule has 0 aliphatic rings. The van der Waals surface area contributed by atoms with Gasteiger partial charge in [-0.15, -0.1) is 0 Å². The van der Waals surface area contributed by atoms with Gasteiger partial charge in [0.15, 0.2) is 0 Å². The molecule has 0 aliphatic carbocycles. The van der Waals surface area contributed by atoms with E-state index in [1.54, 1.807) is 0 Å². The molecule has 0 spiro atoms. The number of halogens is 4. The lowest BCUT2D eigenvalue weighted by atomic mass is 9.97. The van der Waals surface area contributed by atoms with E-state index >= 15 is 0 Å². The van der Waals surface area contributed by atoms with Gasteiger partial charge in [-0.25, -0.2) is 4.39 Å². The van der Waals surface area contributed by atoms with E-state index in [-0.39, 0.29) is 16.7 Å². The average Bonchev–Trinajstić information content (AvgIpc) is 2.37. The molecule has 2 N–H and O–H groups in total. The maximum atomic E-state index is 13.1. The van der Waals surface area contributed by atoms with Gasteiger partial charge in [-0.1, -0.05) is 18.2 Å². The van der Waals surface area contributed by atoms with Crippen LogP contribution >= 0.6 is 0 Å². The van der Waals surface area contributed by atoms with Crippen molar-refractivity contribution < 1.29 is 22.4 Å². The molecular formula is C14H9F4NO. The molecule has 0 aliphatic heterocycles. The van der Waals surface area contributed by atoms with E-state index in [2.05, 4.69) is 0 Å². The molecule has 2 nitrogen and oxygen atoms in total. The summed E-state index contributed by atoms with van der Waals surface area (Å²) in [6.07, 6.45) is -4.50. The summed E-state index contributed by atoms with van der Waals surface area (Å²) < 4.78 is 51.1. The predicted octanol–water partition coefficient (Wildman–Crippen LogP) is 3.61. The fourth-order valence-corrected chi connectivity index (χ4v) is 1.84. The number of carbonyl (C=O) groups excluding carboxylic acids is 1. The zero-order chi connectivity index (χ0) is 14.9. The summed E-state index contributed by atoms with van der Waals surface area (Å²) in [6, 6.07) is 7.60. The Morgan fingerprint density at radius 2 is 1.75 bits per heavy atom. The minimum atomic E-state index is -4.50. The van der Waals surface area contributed by atoms with Crippen molar-refractivity contribution in [1.82, 2.24) is 0 Å². The number of hydrogen-bond donors (Lipinski definition) is 1. The van der Waals surface area contributed by atoms with Gasteiger partial charge in [0.25, 0.3) is 0 Å². The molecule has 6 heteroatoms. The largest absolute Gasteiger partial charge is 0.416 e. The molecule has 104 valence electrons. The van der Waals surface area contributed by atoms with E-state index in [1.807, 2.05) is 0 Å². The maximum Gasteiger partial charge on any atom is 0.416 e. The van der Waals surface area contributed by atoms with Gasteiger partial charge in [-0.2, -0.15) is 13.2 Å². The molecule has 0 saturated heterocycles. The summed E-state index contributed by atoms with van der Waals surface area (Å²) >= 11 is 0. The zero-order valence-corrected chi connectivity index (χ0v) is 10.0. The van der Waals surface area contributed by atoms with Crippen LogP contribution in [0, 0.1) is 5.82 Å². The van der Waals surface area contributed by atoms with Crippen LogP contribution < -0.4 is 5.73 Å². The number of carbonyl (C=O) groups is 1. The second-order valence-corrected chi connectivity index (χ2v) is 4.13. The Kier molecular flexibility index (Phi) is 3.48. The first-order chi connectivity index (χ1) is 9.29. The van der Waals surface area contributed by atoms with Crippen LogP contribution in [0.5, 0.6) is 0 Å². The minimum absolute atomic E-state index is 0.147. The van der Waals surface area contributed by atoms with E-state index in [1.165, 1.54) is 18.2 Å². The fourth-order valence-electron chi connectivity index (χ4n) is 1.84. The van der Waals surface area contributed by atoms with Crippen molar-refractivity contribution in [2.45, 2.75) is 6.18 Å². The maximum absolute atomic E-state index is 13.1. The monoisotopic (exact) mass is 283 g/mol. The molecule has 20 heavy (non-hydrogen) atoms. The molecule has 0 radical (unpaired) electrons. The lowest BCUT2D eigenvalue weighted by molar-refractivity contribution is -0.137. The van der Waals surface area contributed by atoms with Gasteiger partial charge in [0.1, 0.15) is 5.82 Å². The highest BCUT2D eigenvalue weighted by Crippen LogP contribution is 2.33. The molecule has 0 heterocycles. The van der Waals surface area contributed by atoms with Crippen LogP contribution in [0.4, 0.5) is 17.6 Å². The van der Waals surface area contributed by atoms with Crippen molar-refractivity contribution in [2.24, 2.45) is 5.73 Å². The van der Waals surface area contributed by atoms with Crippen molar-refractivity contribution in [2.75, 3.05) is 0 Å². The van der Waals surface area contributed by atoms with Crippen LogP contribution in [0.3, 0.4) is 0 Å². The Morgan fingerprint density at radius 1 is 1.05 bits per heavy atom. The van der Waals surface area contributed by atoms with E-state index in [0.717, 1.165) is 24.3 Å². The minimum Gasteiger partial charge on any atom is -0.366 e. The second kappa shape index (κ2) is 4.96. The molecule has 0 unspecified atom stereocenters. The molecule has 1 amide bonds. The highest BCUT2D eigenvalue weighted by molar-refractivity contribution is 5.99. The summed E-state index contributed by atoms with van der Waals surface area (Å²) in [4.78, 5) is 11.3. The molecule has 0 saturated carbocycles. The summed E-state index contributed by atoms with van der Waals surface area (Å²) in [7, 11) is 0. The third kappa shape index (κ3) is 2.79. The molecular weight excluding hydrogens is 274 g/mol. The summed E-state index contributed by atoms with van der Waals surface area (Å²) in [6.45, 7) is 0. The van der Waals surface area contributed by atoms with Crippen molar-refractivity contribution in [1.29, 1.82) is 0 Å². The Morgan fingerprint density at radius 3 is 2.35 bits per heavy atom. The van der Waals surface area contributed by atoms with Gasteiger partial charge in [0.05, 0.1) is 5.56 Å². The van der Waals surface area contributed by atoms with Crippen LogP contribution in [-0.4, -0.2) is 5.91 Å². The van der Waals surface area contributed by atoms with E-state index in [4.69, 9.17) is 5.73 Å². The molecule has 2 rings (SSSR count). The average molecular weight is 283 g/mol. The van der Waals surface area contributed by atoms with Crippen molar-refractivity contribution in [3.05, 3.63) is 59.4 Å². The molecule has 0 bridgehead atoms. The highest BCUT2D eigenvalue weighted by atomic mass is 19.4. The smallest absolute Gasteiger partial charge is 0.366 e. The highest BCUT2D eigenvalue weighted by Gasteiger charge is 2.30. The van der Waals surface area contributed by atoms with Crippen LogP contribution in [-0.2, 0) is 6.18 Å². The number of nitrogens with two attached hydrogens (primary N) is 1. The lowest BCUT2D eigenvalue weighted by Crippen LogP contribution is -2.13. The van der Waals surface area contributed by atoms with Crippen molar-refractivity contribution >= 4 is 5.91 Å². The first-order valence-electron chi connectivity index (χ1n) is 5.56. The number of amides is 1. The quantitative estimate of drug-likeness (QED) is 0.841. The second-order valence-electron chi connectivity index (χ2n) is 4.13. The van der Waals surface area contributed by atoms with E-state index in [9.17, 15) is 22.4 Å². The molecule has 2 aromatic rings. The predicted molar refractivity (Wildman–Crippen MR) is 65.4 cm³/mol. The van der Waals surface area contributed by atoms with Crippen molar-refractivity contribution in [3.8, 4) is 11.1 Å². The number of rotatable bonds is 2. The van der Waals surface area contributed by atoms with Gasteiger partial charge in [0, 0.05) is 5.56 Å². The van der Waals surface area contributed by atoms with Gasteiger partial charge >= 0.3 is 6.18 Å². The number of primary amides is 1. The zero-order valence-electron chi connectivity index (χ0n) is 10.0. The topological polar surface area (TPSA) is 43.1 Å². The van der Waals surface area contributed by atoms with Gasteiger partial charge in [-0.05, 0) is 35.4 Å². The van der Waals surface area contributed by atoms with Crippen molar-refractivity contribution in [3.63, 3.8) is 0 Å². The number of hydrogen-bond acceptors (Lipinski definition) is 1. The molecule has 0 atom stereocenters. The SMILES string of the molecule is NC(=O)c1cc(F)ccc1-c1cccc(C(F)(F)F)c1. The standard InChI is InChI=1S/C14H9F4NO/c15-10-4-5-11(12(7-10)13(19)20)8-2-1-3-9(6-8)14(16,17)18/h1-7H,(H2,19,20). The number of alkyl halides is 3. The fraction of sp³-hybridized carbons (Fsp3) is 0.0714. The Bertz CT molecular complexity index is 664. The first-order valence-corrected chi connectivity index (χ1v) is 5.56. The lowest BCUT2D eigenvalue weighted by Gasteiger charge is -2.11. The normalized spacial score (nSPS) is 11.4. The number of benzene rings is 2. The van der Waals surface area contributed by atoms with Crippen LogP contribution in [0.15, 0.2) is 42.5 Å². The van der Waals surface area contributed by atoms with Crippen LogP contribution in [0.25, 0.3) is 11.1 Å². The summed E-state index contributed by atoms with van der Waals surface area (Å²) in [5.74, 6) is -1.59. The Hall–Kier alpha value is -2.37. The van der Waals surface area contributed by atoms with E-state index < -0.39 is 23.5 Å². The van der Waals surface area contributed by atoms with Crippen LogP contribution in [0.1, 0.15) is 15.9 Å². The van der Waals surface area contributed by atoms with Gasteiger partial charge in [-0.3, -0.25) is 4.79 Å². The summed E-state index contributed by atoms with van der Waals surface area (Å²) in [5.41, 5.74) is 4.41. The third-order valence-corrected chi connectivity index (χ3v) is 2.75. The molecule has 2 aromatic carbocycles. The molecule has 0 aromatic heterocycles. The van der Waals surface area contributed by atoms with E-state index in [0.29, 0.717) is 0 Å². The molecule has 0 fully saturated rings.